The quantitative estimate of drug-likeness (QED) is 0.146. The largest absolute Gasteiger partial charge is 0.350 e. The predicted octanol–water partition coefficient (Wildman–Crippen LogP) is 11.7. The van der Waals surface area contributed by atoms with Crippen LogP contribution in [-0.2, 0) is 36.6 Å². The minimum Gasteiger partial charge on any atom is -0.350 e. The van der Waals surface area contributed by atoms with Crippen LogP contribution in [0.4, 0.5) is 0 Å². The van der Waals surface area contributed by atoms with Gasteiger partial charge in [0.1, 0.15) is 0 Å². The van der Waals surface area contributed by atoms with E-state index in [9.17, 15) is 9.59 Å². The standard InChI is InChI=1S/C23H27ClO3.C23H29ClO3.CH4/c1-21(2,3)20(25)19-15-7-6-8-18(24)16(15)9-14-10-23(11-17(14)19)12-26-22(4,5)27-13-23;1-21(2,3)20(25)13-9-15-23(16-26-22(4,5)27-17-23)14-8-11-18-10-6-7-12-19(18)24;/h6-9H,10-13H2,1-5H3;6-8,10-12H,14-17H2,1-5H3;1H4/b;11-8+;. The highest BCUT2D eigenvalue weighted by Crippen LogP contribution is 2.47. The monoisotopic (exact) mass is 790 g/mol. The van der Waals surface area contributed by atoms with Gasteiger partial charge in [0.15, 0.2) is 17.4 Å². The normalized spacial score (nSPS) is 19.4. The predicted molar refractivity (Wildman–Crippen MR) is 226 cm³/mol. The van der Waals surface area contributed by atoms with Gasteiger partial charge in [-0.05, 0) is 93.2 Å². The van der Waals surface area contributed by atoms with Crippen LogP contribution in [0.3, 0.4) is 0 Å². The third-order valence-electron chi connectivity index (χ3n) is 10.4. The van der Waals surface area contributed by atoms with E-state index in [1.807, 2.05) is 118 Å². The molecule has 0 atom stereocenters. The average Bonchev–Trinajstić information content (AvgIpc) is 3.45. The maximum atomic E-state index is 13.4. The van der Waals surface area contributed by atoms with Crippen LogP contribution in [0, 0.1) is 33.5 Å². The molecular formula is C47H60Cl2O6. The number of carbonyl (C=O) groups is 2. The lowest BCUT2D eigenvalue weighted by atomic mass is 9.80. The Hall–Kier alpha value is -3.02. The minimum atomic E-state index is -0.593. The van der Waals surface area contributed by atoms with E-state index >= 15 is 0 Å². The zero-order valence-electron chi connectivity index (χ0n) is 33.6. The molecule has 3 aromatic carbocycles. The van der Waals surface area contributed by atoms with E-state index in [-0.39, 0.29) is 29.8 Å². The van der Waals surface area contributed by atoms with Crippen molar-refractivity contribution in [2.75, 3.05) is 26.4 Å². The first-order valence-electron chi connectivity index (χ1n) is 18.8. The first-order chi connectivity index (χ1) is 25.0. The molecule has 55 heavy (non-hydrogen) atoms. The van der Waals surface area contributed by atoms with Gasteiger partial charge in [0.2, 0.25) is 5.78 Å². The molecule has 2 heterocycles. The van der Waals surface area contributed by atoms with Crippen LogP contribution in [0.1, 0.15) is 117 Å². The summed E-state index contributed by atoms with van der Waals surface area (Å²) < 4.78 is 23.8. The summed E-state index contributed by atoms with van der Waals surface area (Å²) in [4.78, 5) is 25.5. The van der Waals surface area contributed by atoms with Crippen molar-refractivity contribution < 1.29 is 28.5 Å². The zero-order valence-corrected chi connectivity index (χ0v) is 35.1. The molecule has 6 rings (SSSR count). The molecule has 0 bridgehead atoms. The van der Waals surface area contributed by atoms with E-state index in [2.05, 4.69) is 24.0 Å². The molecule has 6 nitrogen and oxygen atoms in total. The number of halogens is 2. The van der Waals surface area contributed by atoms with E-state index in [0.717, 1.165) is 51.7 Å². The number of benzene rings is 3. The van der Waals surface area contributed by atoms with E-state index < -0.39 is 22.4 Å². The number of rotatable bonds is 5. The first kappa shape index (κ1) is 44.7. The van der Waals surface area contributed by atoms with Gasteiger partial charge in [0.05, 0.1) is 26.4 Å². The Labute approximate surface area is 339 Å². The molecule has 2 aliphatic heterocycles. The Bertz CT molecular complexity index is 1960. The smallest absolute Gasteiger partial charge is 0.210 e. The van der Waals surface area contributed by atoms with Crippen LogP contribution in [-0.4, -0.2) is 49.6 Å². The maximum absolute atomic E-state index is 13.4. The third kappa shape index (κ3) is 10.9. The van der Waals surface area contributed by atoms with E-state index in [1.165, 1.54) is 5.56 Å². The Kier molecular flexibility index (Phi) is 13.7. The van der Waals surface area contributed by atoms with Crippen molar-refractivity contribution in [1.29, 1.82) is 0 Å². The van der Waals surface area contributed by atoms with Crippen molar-refractivity contribution in [1.82, 2.24) is 0 Å². The first-order valence-corrected chi connectivity index (χ1v) is 19.6. The summed E-state index contributed by atoms with van der Waals surface area (Å²) in [7, 11) is 0. The second kappa shape index (κ2) is 16.8. The summed E-state index contributed by atoms with van der Waals surface area (Å²) in [5.41, 5.74) is 2.87. The molecule has 3 aromatic rings. The molecule has 2 saturated heterocycles. The highest BCUT2D eigenvalue weighted by Gasteiger charge is 2.46. The second-order valence-electron chi connectivity index (χ2n) is 18.3. The molecule has 0 amide bonds. The van der Waals surface area contributed by atoms with E-state index in [1.54, 1.807) is 0 Å². The molecule has 1 aliphatic carbocycles. The molecule has 1 spiro atoms. The number of hydrogen-bond acceptors (Lipinski definition) is 6. The van der Waals surface area contributed by atoms with E-state index in [4.69, 9.17) is 42.1 Å². The van der Waals surface area contributed by atoms with Gasteiger partial charge in [-0.25, -0.2) is 0 Å². The van der Waals surface area contributed by atoms with Gasteiger partial charge in [-0.15, -0.1) is 0 Å². The number of carbonyl (C=O) groups excluding carboxylic acids is 2. The molecule has 0 saturated carbocycles. The van der Waals surface area contributed by atoms with Crippen LogP contribution in [0.15, 0.2) is 54.6 Å². The summed E-state index contributed by atoms with van der Waals surface area (Å²) in [6.45, 7) is 21.6. The number of ether oxygens (including phenoxy) is 4. The number of Topliss-reactive ketones (excluding diaryl/α,β-unsaturated/α-hetero) is 2. The molecular weight excluding hydrogens is 731 g/mol. The number of fused-ring (bicyclic) bond motifs is 2. The Morgan fingerprint density at radius 3 is 1.93 bits per heavy atom. The third-order valence-corrected chi connectivity index (χ3v) is 11.0. The van der Waals surface area contributed by atoms with Gasteiger partial charge in [0, 0.05) is 49.1 Å². The summed E-state index contributed by atoms with van der Waals surface area (Å²) >= 11 is 12.7. The Morgan fingerprint density at radius 1 is 0.764 bits per heavy atom. The van der Waals surface area contributed by atoms with Gasteiger partial charge in [0.25, 0.3) is 0 Å². The lowest BCUT2D eigenvalue weighted by molar-refractivity contribution is -0.284. The second-order valence-corrected chi connectivity index (χ2v) is 19.1. The molecule has 0 aromatic heterocycles. The van der Waals surface area contributed by atoms with Gasteiger partial charge in [-0.1, -0.05) is 121 Å². The zero-order chi connectivity index (χ0) is 39.7. The fraction of sp³-hybridized carbons (Fsp3) is 0.532. The Balaban J connectivity index is 0.000000240. The van der Waals surface area contributed by atoms with Crippen LogP contribution >= 0.6 is 23.2 Å². The minimum absolute atomic E-state index is 0. The fourth-order valence-corrected chi connectivity index (χ4v) is 7.27. The number of allylic oxidation sites excluding steroid dienone is 1. The summed E-state index contributed by atoms with van der Waals surface area (Å²) in [6.07, 6.45) is 7.02. The van der Waals surface area contributed by atoms with Crippen molar-refractivity contribution in [3.05, 3.63) is 86.9 Å². The van der Waals surface area contributed by atoms with Crippen molar-refractivity contribution in [2.45, 2.75) is 114 Å². The number of hydrogen-bond donors (Lipinski definition) is 0. The summed E-state index contributed by atoms with van der Waals surface area (Å²) in [6, 6.07) is 15.7. The SMILES string of the molecule is C.CC1(C)OCC(CC#CC(=O)C(C)(C)C)(C/C=C/c2ccccc2Cl)CO1.CC1(C)OCC2(CO1)Cc1cc3c(Cl)cccc3c(C(=O)C(C)(C)C)c1C2. The fourth-order valence-electron chi connectivity index (χ4n) is 6.84. The van der Waals surface area contributed by atoms with E-state index in [0.29, 0.717) is 37.9 Å². The highest BCUT2D eigenvalue weighted by atomic mass is 35.5. The maximum Gasteiger partial charge on any atom is 0.210 e. The van der Waals surface area contributed by atoms with Gasteiger partial charge >= 0.3 is 0 Å². The summed E-state index contributed by atoms with van der Waals surface area (Å²) in [5.74, 6) is 4.84. The molecule has 8 heteroatoms. The van der Waals surface area contributed by atoms with Crippen molar-refractivity contribution in [2.24, 2.45) is 21.7 Å². The summed E-state index contributed by atoms with van der Waals surface area (Å²) in [5, 5.41) is 3.32. The average molecular weight is 792 g/mol. The highest BCUT2D eigenvalue weighted by molar-refractivity contribution is 6.36. The Morgan fingerprint density at radius 2 is 1.35 bits per heavy atom. The van der Waals surface area contributed by atoms with Crippen LogP contribution < -0.4 is 0 Å². The van der Waals surface area contributed by atoms with Crippen molar-refractivity contribution in [3.8, 4) is 11.8 Å². The topological polar surface area (TPSA) is 71.1 Å². The van der Waals surface area contributed by atoms with Crippen molar-refractivity contribution >= 4 is 51.6 Å². The van der Waals surface area contributed by atoms with Gasteiger partial charge < -0.3 is 18.9 Å². The molecule has 298 valence electrons. The van der Waals surface area contributed by atoms with Crippen molar-refractivity contribution in [3.63, 3.8) is 0 Å². The molecule has 0 radical (unpaired) electrons. The molecule has 0 N–H and O–H groups in total. The van der Waals surface area contributed by atoms with Gasteiger partial charge in [-0.3, -0.25) is 9.59 Å². The lowest BCUT2D eigenvalue weighted by Crippen LogP contribution is -2.47. The van der Waals surface area contributed by atoms with Crippen LogP contribution in [0.5, 0.6) is 0 Å². The molecule has 3 aliphatic rings. The molecule has 0 unspecified atom stereocenters. The lowest BCUT2D eigenvalue weighted by Gasteiger charge is -2.42. The number of ketones is 2. The molecule has 2 fully saturated rings. The van der Waals surface area contributed by atoms with Gasteiger partial charge in [-0.2, -0.15) is 0 Å². The van der Waals surface area contributed by atoms with Crippen LogP contribution in [0.2, 0.25) is 10.0 Å². The van der Waals surface area contributed by atoms with Crippen LogP contribution in [0.25, 0.3) is 16.8 Å².